The summed E-state index contributed by atoms with van der Waals surface area (Å²) in [6, 6.07) is 10.1. The lowest BCUT2D eigenvalue weighted by molar-refractivity contribution is 0.883. The first-order valence-corrected chi connectivity index (χ1v) is 8.68. The smallest absolute Gasteiger partial charge is 0.195 e. The van der Waals surface area contributed by atoms with E-state index in [2.05, 4.69) is 38.1 Å². The van der Waals surface area contributed by atoms with Crippen LogP contribution < -0.4 is 0 Å². The summed E-state index contributed by atoms with van der Waals surface area (Å²) in [6.07, 6.45) is 3.84. The average molecular weight is 327 g/mol. The van der Waals surface area contributed by atoms with Crippen LogP contribution in [0.5, 0.6) is 0 Å². The van der Waals surface area contributed by atoms with Crippen LogP contribution in [-0.2, 0) is 5.75 Å². The summed E-state index contributed by atoms with van der Waals surface area (Å²) in [6.45, 7) is 2.09. The zero-order valence-electron chi connectivity index (χ0n) is 11.9. The van der Waals surface area contributed by atoms with Crippen molar-refractivity contribution >= 4 is 28.1 Å². The van der Waals surface area contributed by atoms with Gasteiger partial charge in [-0.2, -0.15) is 0 Å². The number of rotatable bonds is 4. The van der Waals surface area contributed by atoms with Crippen LogP contribution in [0.3, 0.4) is 0 Å². The first kappa shape index (κ1) is 13.5. The van der Waals surface area contributed by atoms with Gasteiger partial charge in [0.1, 0.15) is 6.33 Å². The summed E-state index contributed by atoms with van der Waals surface area (Å²) < 4.78 is 4.12. The van der Waals surface area contributed by atoms with Crippen LogP contribution in [0.4, 0.5) is 0 Å². The second-order valence-corrected chi connectivity index (χ2v) is 6.65. The van der Waals surface area contributed by atoms with Crippen molar-refractivity contribution in [1.82, 2.24) is 24.1 Å². The van der Waals surface area contributed by atoms with Crippen molar-refractivity contribution in [3.63, 3.8) is 0 Å². The lowest BCUT2D eigenvalue weighted by atomic mass is 10.3. The van der Waals surface area contributed by atoms with Crippen molar-refractivity contribution in [2.45, 2.75) is 17.8 Å². The van der Waals surface area contributed by atoms with Gasteiger partial charge >= 0.3 is 0 Å². The van der Waals surface area contributed by atoms with Gasteiger partial charge in [-0.1, -0.05) is 30.0 Å². The number of nitrogens with zero attached hydrogens (tertiary/aromatic N) is 5. The monoisotopic (exact) mass is 327 g/mol. The fraction of sp³-hybridized carbons (Fsp3) is 0.133. The molecule has 0 radical (unpaired) electrons. The second-order valence-electron chi connectivity index (χ2n) is 4.87. The fourth-order valence-electron chi connectivity index (χ4n) is 2.24. The minimum Gasteiger partial charge on any atom is -0.295 e. The topological polar surface area (TPSA) is 48.0 Å². The quantitative estimate of drug-likeness (QED) is 0.538. The van der Waals surface area contributed by atoms with Crippen molar-refractivity contribution in [2.24, 2.45) is 0 Å². The number of hydrogen-bond donors (Lipinski definition) is 0. The Morgan fingerprint density at radius 3 is 2.91 bits per heavy atom. The Balaban J connectivity index is 1.56. The maximum Gasteiger partial charge on any atom is 0.195 e. The van der Waals surface area contributed by atoms with Crippen LogP contribution in [-0.4, -0.2) is 24.1 Å². The fourth-order valence-corrected chi connectivity index (χ4v) is 3.92. The first-order valence-electron chi connectivity index (χ1n) is 6.81. The maximum atomic E-state index is 4.64. The predicted molar refractivity (Wildman–Crippen MR) is 88.7 cm³/mol. The van der Waals surface area contributed by atoms with Crippen LogP contribution in [0.25, 0.3) is 10.6 Å². The van der Waals surface area contributed by atoms with Gasteiger partial charge in [-0.15, -0.1) is 21.5 Å². The summed E-state index contributed by atoms with van der Waals surface area (Å²) >= 11 is 3.31. The molecule has 4 aromatic rings. The number of benzene rings is 1. The Kier molecular flexibility index (Phi) is 3.44. The second kappa shape index (κ2) is 5.58. The predicted octanol–water partition coefficient (Wildman–Crippen LogP) is 3.58. The van der Waals surface area contributed by atoms with Gasteiger partial charge < -0.3 is 0 Å². The van der Waals surface area contributed by atoms with Crippen molar-refractivity contribution in [1.29, 1.82) is 0 Å². The Morgan fingerprint density at radius 2 is 2.09 bits per heavy atom. The van der Waals surface area contributed by atoms with E-state index in [4.69, 9.17) is 0 Å². The van der Waals surface area contributed by atoms with Gasteiger partial charge in [0.25, 0.3) is 0 Å². The SMILES string of the molecule is Cc1csc2nc(CSc3nncn3-c3ccccc3)cn12. The van der Waals surface area contributed by atoms with Gasteiger partial charge in [0, 0.05) is 28.7 Å². The molecular weight excluding hydrogens is 314 g/mol. The molecule has 0 aliphatic rings. The number of fused-ring (bicyclic) bond motifs is 1. The minimum absolute atomic E-state index is 0.777. The lowest BCUT2D eigenvalue weighted by Gasteiger charge is -2.04. The molecule has 0 aliphatic heterocycles. The summed E-state index contributed by atoms with van der Waals surface area (Å²) in [5, 5.41) is 11.2. The molecule has 0 fully saturated rings. The molecule has 0 bridgehead atoms. The third kappa shape index (κ3) is 2.42. The highest BCUT2D eigenvalue weighted by Gasteiger charge is 2.10. The van der Waals surface area contributed by atoms with Crippen LogP contribution in [0.1, 0.15) is 11.4 Å². The molecular formula is C15H13N5S2. The molecule has 0 N–H and O–H groups in total. The van der Waals surface area contributed by atoms with E-state index in [-0.39, 0.29) is 0 Å². The number of thioether (sulfide) groups is 1. The third-order valence-electron chi connectivity index (χ3n) is 3.34. The molecule has 0 atom stereocenters. The van der Waals surface area contributed by atoms with Gasteiger partial charge in [-0.3, -0.25) is 8.97 Å². The van der Waals surface area contributed by atoms with E-state index in [1.54, 1.807) is 29.4 Å². The van der Waals surface area contributed by atoms with Gasteiger partial charge in [0.15, 0.2) is 10.1 Å². The van der Waals surface area contributed by atoms with E-state index in [1.807, 2.05) is 34.9 Å². The standard InChI is InChI=1S/C15H13N5S2/c1-11-8-21-14-17-12(7-19(11)14)9-22-15-18-16-10-20(15)13-5-3-2-4-6-13/h2-8,10H,9H2,1H3. The number of aryl methyl sites for hydroxylation is 1. The minimum atomic E-state index is 0.777. The molecule has 0 aliphatic carbocycles. The molecule has 4 rings (SSSR count). The summed E-state index contributed by atoms with van der Waals surface area (Å²) in [7, 11) is 0. The molecule has 7 heteroatoms. The number of hydrogen-bond acceptors (Lipinski definition) is 5. The van der Waals surface area contributed by atoms with Gasteiger partial charge in [-0.25, -0.2) is 4.98 Å². The number of thiazole rings is 1. The molecule has 22 heavy (non-hydrogen) atoms. The van der Waals surface area contributed by atoms with E-state index in [0.29, 0.717) is 0 Å². The summed E-state index contributed by atoms with van der Waals surface area (Å²) in [5.74, 6) is 0.777. The van der Waals surface area contributed by atoms with Gasteiger partial charge in [0.2, 0.25) is 0 Å². The number of imidazole rings is 1. The summed E-state index contributed by atoms with van der Waals surface area (Å²) in [5.41, 5.74) is 3.34. The van der Waals surface area contributed by atoms with Crippen LogP contribution in [0.2, 0.25) is 0 Å². The molecule has 3 aromatic heterocycles. The molecule has 0 saturated heterocycles. The molecule has 3 heterocycles. The zero-order chi connectivity index (χ0) is 14.9. The Labute approximate surface area is 135 Å². The molecule has 0 spiro atoms. The van der Waals surface area contributed by atoms with Crippen LogP contribution in [0.15, 0.2) is 53.4 Å². The molecule has 5 nitrogen and oxygen atoms in total. The number of para-hydroxylation sites is 1. The Morgan fingerprint density at radius 1 is 1.23 bits per heavy atom. The first-order chi connectivity index (χ1) is 10.8. The molecule has 0 amide bonds. The van der Waals surface area contributed by atoms with E-state index in [0.717, 1.165) is 27.3 Å². The highest BCUT2D eigenvalue weighted by atomic mass is 32.2. The molecule has 0 saturated carbocycles. The Bertz CT molecular complexity index is 906. The highest BCUT2D eigenvalue weighted by Crippen LogP contribution is 2.24. The largest absolute Gasteiger partial charge is 0.295 e. The van der Waals surface area contributed by atoms with E-state index in [9.17, 15) is 0 Å². The van der Waals surface area contributed by atoms with E-state index in [1.165, 1.54) is 5.69 Å². The van der Waals surface area contributed by atoms with Crippen LogP contribution >= 0.6 is 23.1 Å². The highest BCUT2D eigenvalue weighted by molar-refractivity contribution is 7.98. The van der Waals surface area contributed by atoms with Gasteiger partial charge in [-0.05, 0) is 19.1 Å². The van der Waals surface area contributed by atoms with Crippen LogP contribution in [0, 0.1) is 6.92 Å². The maximum absolute atomic E-state index is 4.64. The zero-order valence-corrected chi connectivity index (χ0v) is 13.5. The van der Waals surface area contributed by atoms with Crippen molar-refractivity contribution in [3.05, 3.63) is 59.6 Å². The number of aromatic nitrogens is 5. The summed E-state index contributed by atoms with van der Waals surface area (Å²) in [4.78, 5) is 5.68. The lowest BCUT2D eigenvalue weighted by Crippen LogP contribution is -1.94. The van der Waals surface area contributed by atoms with E-state index < -0.39 is 0 Å². The molecule has 110 valence electrons. The molecule has 1 aromatic carbocycles. The normalized spacial score (nSPS) is 11.3. The van der Waals surface area contributed by atoms with Crippen molar-refractivity contribution in [2.75, 3.05) is 0 Å². The Hall–Kier alpha value is -2.12. The van der Waals surface area contributed by atoms with E-state index >= 15 is 0 Å². The van der Waals surface area contributed by atoms with Crippen molar-refractivity contribution < 1.29 is 0 Å². The third-order valence-corrected chi connectivity index (χ3v) is 5.27. The van der Waals surface area contributed by atoms with Gasteiger partial charge in [0.05, 0.1) is 5.69 Å². The molecule has 0 unspecified atom stereocenters. The van der Waals surface area contributed by atoms with Crippen molar-refractivity contribution in [3.8, 4) is 5.69 Å². The average Bonchev–Trinajstić information content (AvgIpc) is 3.24.